The summed E-state index contributed by atoms with van der Waals surface area (Å²) < 4.78 is 16.3. The lowest BCUT2D eigenvalue weighted by Crippen LogP contribution is -2.44. The minimum absolute atomic E-state index is 0.220. The Morgan fingerprint density at radius 1 is 1.17 bits per heavy atom. The lowest BCUT2D eigenvalue weighted by atomic mass is 10.1. The standard InChI is InChI=1S/C20H23FN6OS/c1-25-11-7-22-18(25)17(15-5-2-3-6-16(15)21)24-19(28)26-9-4-10-27(13-12-26)20-23-8-14-29-20/h2-3,5-8,11,14,17H,4,9-10,12-13H2,1H3,(H,24,28). The van der Waals surface area contributed by atoms with Crippen molar-refractivity contribution in [3.63, 3.8) is 0 Å². The molecule has 29 heavy (non-hydrogen) atoms. The van der Waals surface area contributed by atoms with Crippen LogP contribution in [0.25, 0.3) is 0 Å². The second kappa shape index (κ2) is 8.60. The van der Waals surface area contributed by atoms with Gasteiger partial charge in [-0.25, -0.2) is 19.2 Å². The van der Waals surface area contributed by atoms with E-state index in [2.05, 4.69) is 20.2 Å². The van der Waals surface area contributed by atoms with Crippen molar-refractivity contribution in [2.75, 3.05) is 31.1 Å². The first kappa shape index (κ1) is 19.4. The molecule has 1 N–H and O–H groups in total. The Bertz CT molecular complexity index is 960. The minimum atomic E-state index is -0.665. The summed E-state index contributed by atoms with van der Waals surface area (Å²) in [6.07, 6.45) is 6.07. The zero-order valence-electron chi connectivity index (χ0n) is 16.2. The number of carbonyl (C=O) groups is 1. The van der Waals surface area contributed by atoms with Crippen LogP contribution in [0.1, 0.15) is 23.9 Å². The molecule has 1 aromatic carbocycles. The van der Waals surface area contributed by atoms with Crippen LogP contribution >= 0.6 is 11.3 Å². The lowest BCUT2D eigenvalue weighted by Gasteiger charge is -2.26. The summed E-state index contributed by atoms with van der Waals surface area (Å²) in [5.41, 5.74) is 0.398. The van der Waals surface area contributed by atoms with Crippen molar-refractivity contribution in [3.8, 4) is 0 Å². The second-order valence-corrected chi connectivity index (χ2v) is 7.82. The average Bonchev–Trinajstić information content (AvgIpc) is 3.33. The van der Waals surface area contributed by atoms with Crippen molar-refractivity contribution in [2.45, 2.75) is 12.5 Å². The normalized spacial score (nSPS) is 15.8. The van der Waals surface area contributed by atoms with Crippen LogP contribution in [-0.2, 0) is 7.05 Å². The number of aromatic nitrogens is 3. The number of aryl methyl sites for hydroxylation is 1. The van der Waals surface area contributed by atoms with E-state index in [1.807, 2.05) is 12.4 Å². The van der Waals surface area contributed by atoms with E-state index in [4.69, 9.17) is 0 Å². The second-order valence-electron chi connectivity index (χ2n) is 6.94. The van der Waals surface area contributed by atoms with Gasteiger partial charge < -0.3 is 19.7 Å². The van der Waals surface area contributed by atoms with Gasteiger partial charge in [0, 0.05) is 62.8 Å². The molecule has 2 amide bonds. The highest BCUT2D eigenvalue weighted by molar-refractivity contribution is 7.13. The molecule has 0 bridgehead atoms. The monoisotopic (exact) mass is 414 g/mol. The van der Waals surface area contributed by atoms with Gasteiger partial charge in [-0.05, 0) is 12.5 Å². The van der Waals surface area contributed by atoms with Gasteiger partial charge in [0.1, 0.15) is 17.7 Å². The Morgan fingerprint density at radius 2 is 2.03 bits per heavy atom. The summed E-state index contributed by atoms with van der Waals surface area (Å²) in [6.45, 7) is 2.79. The maximum absolute atomic E-state index is 14.5. The third-order valence-electron chi connectivity index (χ3n) is 5.07. The Balaban J connectivity index is 1.51. The molecule has 0 saturated carbocycles. The number of benzene rings is 1. The molecule has 1 aliphatic rings. The summed E-state index contributed by atoms with van der Waals surface area (Å²) in [4.78, 5) is 25.8. The van der Waals surface area contributed by atoms with Gasteiger partial charge >= 0.3 is 6.03 Å². The molecule has 9 heteroatoms. The van der Waals surface area contributed by atoms with Gasteiger partial charge in [0.15, 0.2) is 5.13 Å². The van der Waals surface area contributed by atoms with Crippen LogP contribution in [0.15, 0.2) is 48.2 Å². The molecule has 2 aromatic heterocycles. The summed E-state index contributed by atoms with van der Waals surface area (Å²) in [5.74, 6) is 0.217. The number of imidazole rings is 1. The van der Waals surface area contributed by atoms with Gasteiger partial charge in [0.25, 0.3) is 0 Å². The highest BCUT2D eigenvalue weighted by Crippen LogP contribution is 2.24. The number of thiazole rings is 1. The lowest BCUT2D eigenvalue weighted by molar-refractivity contribution is 0.198. The fourth-order valence-electron chi connectivity index (χ4n) is 3.54. The maximum atomic E-state index is 14.5. The van der Waals surface area contributed by atoms with E-state index in [9.17, 15) is 9.18 Å². The van der Waals surface area contributed by atoms with E-state index in [1.54, 1.807) is 57.6 Å². The molecule has 4 rings (SSSR count). The molecule has 1 fully saturated rings. The summed E-state index contributed by atoms with van der Waals surface area (Å²) in [7, 11) is 1.83. The molecule has 3 heterocycles. The summed E-state index contributed by atoms with van der Waals surface area (Å²) in [5, 5.41) is 5.93. The van der Waals surface area contributed by atoms with Crippen molar-refractivity contribution < 1.29 is 9.18 Å². The average molecular weight is 415 g/mol. The van der Waals surface area contributed by atoms with Gasteiger partial charge in [0.2, 0.25) is 0 Å². The summed E-state index contributed by atoms with van der Waals surface area (Å²) >= 11 is 1.60. The molecule has 3 aromatic rings. The van der Waals surface area contributed by atoms with Crippen LogP contribution in [0, 0.1) is 5.82 Å². The van der Waals surface area contributed by atoms with Crippen molar-refractivity contribution >= 4 is 22.5 Å². The van der Waals surface area contributed by atoms with E-state index in [0.29, 0.717) is 31.0 Å². The number of carbonyl (C=O) groups excluding carboxylic acids is 1. The Hall–Kier alpha value is -2.94. The van der Waals surface area contributed by atoms with Crippen LogP contribution < -0.4 is 10.2 Å². The van der Waals surface area contributed by atoms with Crippen molar-refractivity contribution in [3.05, 3.63) is 65.4 Å². The largest absolute Gasteiger partial charge is 0.346 e. The maximum Gasteiger partial charge on any atom is 0.318 e. The van der Waals surface area contributed by atoms with Crippen LogP contribution in [0.5, 0.6) is 0 Å². The number of anilines is 1. The van der Waals surface area contributed by atoms with Crippen molar-refractivity contribution in [1.29, 1.82) is 0 Å². The van der Waals surface area contributed by atoms with Crippen LogP contribution in [0.4, 0.5) is 14.3 Å². The first-order valence-corrected chi connectivity index (χ1v) is 10.4. The van der Waals surface area contributed by atoms with Gasteiger partial charge in [-0.2, -0.15) is 0 Å². The molecule has 1 aliphatic heterocycles. The van der Waals surface area contributed by atoms with Gasteiger partial charge in [-0.1, -0.05) is 18.2 Å². The number of nitrogens with zero attached hydrogens (tertiary/aromatic N) is 5. The quantitative estimate of drug-likeness (QED) is 0.713. The van der Waals surface area contributed by atoms with E-state index < -0.39 is 6.04 Å². The number of rotatable bonds is 4. The molecule has 1 unspecified atom stereocenters. The third-order valence-corrected chi connectivity index (χ3v) is 5.91. The predicted molar refractivity (Wildman–Crippen MR) is 110 cm³/mol. The predicted octanol–water partition coefficient (Wildman–Crippen LogP) is 3.03. The van der Waals surface area contributed by atoms with Crippen LogP contribution in [-0.4, -0.2) is 51.6 Å². The van der Waals surface area contributed by atoms with E-state index in [0.717, 1.165) is 18.1 Å². The van der Waals surface area contributed by atoms with Gasteiger partial charge in [0.05, 0.1) is 0 Å². The Morgan fingerprint density at radius 3 is 2.76 bits per heavy atom. The fraction of sp³-hybridized carbons (Fsp3) is 0.350. The zero-order valence-corrected chi connectivity index (χ0v) is 17.0. The SMILES string of the molecule is Cn1ccnc1C(NC(=O)N1CCCN(c2nccs2)CC1)c1ccccc1F. The van der Waals surface area contributed by atoms with E-state index in [-0.39, 0.29) is 11.8 Å². The summed E-state index contributed by atoms with van der Waals surface area (Å²) in [6, 6.07) is 5.59. The zero-order chi connectivity index (χ0) is 20.2. The highest BCUT2D eigenvalue weighted by Gasteiger charge is 2.27. The smallest absolute Gasteiger partial charge is 0.318 e. The van der Waals surface area contributed by atoms with Crippen molar-refractivity contribution in [2.24, 2.45) is 7.05 Å². The number of hydrogen-bond donors (Lipinski definition) is 1. The van der Waals surface area contributed by atoms with E-state index >= 15 is 0 Å². The van der Waals surface area contributed by atoms with Crippen LogP contribution in [0.2, 0.25) is 0 Å². The first-order valence-electron chi connectivity index (χ1n) is 9.55. The third kappa shape index (κ3) is 4.24. The molecule has 7 nitrogen and oxygen atoms in total. The number of nitrogens with one attached hydrogen (secondary N) is 1. The molecule has 1 atom stereocenters. The van der Waals surface area contributed by atoms with Gasteiger partial charge in [-0.3, -0.25) is 0 Å². The van der Waals surface area contributed by atoms with Gasteiger partial charge in [-0.15, -0.1) is 11.3 Å². The molecular weight excluding hydrogens is 391 g/mol. The molecule has 152 valence electrons. The fourth-order valence-corrected chi connectivity index (χ4v) is 4.24. The topological polar surface area (TPSA) is 66.3 Å². The number of amides is 2. The molecule has 0 radical (unpaired) electrons. The minimum Gasteiger partial charge on any atom is -0.346 e. The Labute approximate surface area is 172 Å². The highest BCUT2D eigenvalue weighted by atomic mass is 32.1. The Kier molecular flexibility index (Phi) is 5.75. The van der Waals surface area contributed by atoms with Crippen LogP contribution in [0.3, 0.4) is 0 Å². The first-order chi connectivity index (χ1) is 14.1. The molecule has 0 aliphatic carbocycles. The number of hydrogen-bond acceptors (Lipinski definition) is 5. The molecular formula is C20H23FN6OS. The molecule has 0 spiro atoms. The molecule has 1 saturated heterocycles. The number of halogens is 1. The van der Waals surface area contributed by atoms with E-state index in [1.165, 1.54) is 6.07 Å². The van der Waals surface area contributed by atoms with Crippen molar-refractivity contribution in [1.82, 2.24) is 24.8 Å². The number of urea groups is 1.